The highest BCUT2D eigenvalue weighted by Gasteiger charge is 2.37. The van der Waals surface area contributed by atoms with Crippen LogP contribution in [0.25, 0.3) is 0 Å². The fourth-order valence-electron chi connectivity index (χ4n) is 3.10. The van der Waals surface area contributed by atoms with E-state index in [0.29, 0.717) is 22.1 Å². The van der Waals surface area contributed by atoms with Gasteiger partial charge in [0.2, 0.25) is 0 Å². The number of hydrogen-bond acceptors (Lipinski definition) is 12. The molecule has 0 amide bonds. The summed E-state index contributed by atoms with van der Waals surface area (Å²) in [4.78, 5) is 63.4. The molecule has 258 valence electrons. The van der Waals surface area contributed by atoms with E-state index in [1.807, 2.05) is 42.3 Å². The smallest absolute Gasteiger partial charge is 0.335 e. The SMILES string of the molecule is CCC(=O)O[C@H](CC(=O)O)C[N+](C)(C)C.CCC(=O)O[C@H](CC(=O)O)C[N+](C)(C)C.O=C(O)C(O)C(O)C(O)C(O)C(=O)O. The zero-order valence-corrected chi connectivity index (χ0v) is 26.4. The van der Waals surface area contributed by atoms with E-state index in [1.54, 1.807) is 13.8 Å². The molecule has 0 aliphatic heterocycles. The number of quaternary nitrogens is 2. The normalized spacial score (nSPS) is 15.3. The maximum atomic E-state index is 11.1. The van der Waals surface area contributed by atoms with Crippen LogP contribution in [0.2, 0.25) is 0 Å². The van der Waals surface area contributed by atoms with Gasteiger partial charge in [-0.05, 0) is 0 Å². The Kier molecular flexibility index (Phi) is 21.8. The molecule has 0 aliphatic carbocycles. The van der Waals surface area contributed by atoms with Gasteiger partial charge in [0.25, 0.3) is 0 Å². The van der Waals surface area contributed by atoms with E-state index >= 15 is 0 Å². The number of carbonyl (C=O) groups excluding carboxylic acids is 2. The van der Waals surface area contributed by atoms with E-state index in [0.717, 1.165) is 0 Å². The highest BCUT2D eigenvalue weighted by Crippen LogP contribution is 2.08. The van der Waals surface area contributed by atoms with Crippen LogP contribution in [-0.4, -0.2) is 178 Å². The van der Waals surface area contributed by atoms with Crippen LogP contribution in [0.5, 0.6) is 0 Å². The quantitative estimate of drug-likeness (QED) is 0.0602. The van der Waals surface area contributed by atoms with Crippen molar-refractivity contribution in [3.8, 4) is 0 Å². The third kappa shape index (κ3) is 25.1. The molecular weight excluding hydrogens is 596 g/mol. The number of hydrogen-bond donors (Lipinski definition) is 8. The third-order valence-corrected chi connectivity index (χ3v) is 4.98. The highest BCUT2D eigenvalue weighted by atomic mass is 16.6. The van der Waals surface area contributed by atoms with E-state index < -0.39 is 60.5 Å². The first kappa shape index (κ1) is 45.0. The van der Waals surface area contributed by atoms with Gasteiger partial charge in [0.05, 0.1) is 55.1 Å². The molecule has 0 saturated carbocycles. The van der Waals surface area contributed by atoms with Gasteiger partial charge in [0.1, 0.15) is 25.3 Å². The number of ether oxygens (including phenoxy) is 2. The number of likely N-dealkylation sites (N-methyl/N-ethyl adjacent to an activating group) is 2. The minimum absolute atomic E-state index is 0.138. The topological polar surface area (TPSA) is 283 Å². The molecule has 0 bridgehead atoms. The van der Waals surface area contributed by atoms with Crippen molar-refractivity contribution in [3.05, 3.63) is 0 Å². The molecule has 0 radical (unpaired) electrons. The second-order valence-electron chi connectivity index (χ2n) is 11.6. The van der Waals surface area contributed by atoms with Crippen LogP contribution in [-0.2, 0) is 38.2 Å². The van der Waals surface area contributed by atoms with Crippen LogP contribution in [0, 0.1) is 0 Å². The number of aliphatic hydroxyl groups excluding tert-OH is 4. The molecule has 0 spiro atoms. The maximum absolute atomic E-state index is 11.1. The van der Waals surface area contributed by atoms with Crippen LogP contribution >= 0.6 is 0 Å². The van der Waals surface area contributed by atoms with Crippen molar-refractivity contribution in [2.45, 2.75) is 76.2 Å². The number of esters is 2. The number of carboxylic acid groups (broad SMARTS) is 4. The highest BCUT2D eigenvalue weighted by molar-refractivity contribution is 5.75. The summed E-state index contributed by atoms with van der Waals surface area (Å²) in [6.07, 6.45) is -10.1. The first-order chi connectivity index (χ1) is 19.8. The van der Waals surface area contributed by atoms with Gasteiger partial charge in [-0.25, -0.2) is 9.59 Å². The number of carboxylic acids is 4. The number of rotatable bonds is 17. The Bertz CT molecular complexity index is 854. The first-order valence-electron chi connectivity index (χ1n) is 13.4. The molecule has 0 aromatic carbocycles. The summed E-state index contributed by atoms with van der Waals surface area (Å²) in [5.74, 6) is -6.28. The molecule has 18 heteroatoms. The lowest BCUT2D eigenvalue weighted by molar-refractivity contribution is -0.873. The third-order valence-electron chi connectivity index (χ3n) is 4.98. The fraction of sp³-hybridized carbons (Fsp3) is 0.769. The van der Waals surface area contributed by atoms with Crippen molar-refractivity contribution in [2.75, 3.05) is 55.4 Å². The fourth-order valence-corrected chi connectivity index (χ4v) is 3.10. The molecule has 6 atom stereocenters. The molecule has 8 N–H and O–H groups in total. The zero-order chi connectivity index (χ0) is 35.6. The Morgan fingerprint density at radius 3 is 0.955 bits per heavy atom. The number of nitrogens with zero attached hydrogens (tertiary/aromatic N) is 2. The van der Waals surface area contributed by atoms with Gasteiger partial charge >= 0.3 is 35.8 Å². The standard InChI is InChI=1S/2C10H19NO4.C6H10O8/c2*1-5-10(14)15-8(6-9(12)13)7-11(2,3)4;7-1(3(9)5(11)12)2(8)4(10)6(13)14/h2*8H,5-7H2,1-4H3;1-4,7-10H,(H,11,12)(H,13,14)/p+2/t2*8-;/m11./s1. The number of aliphatic hydroxyl groups is 4. The zero-order valence-electron chi connectivity index (χ0n) is 26.4. The van der Waals surface area contributed by atoms with Gasteiger partial charge < -0.3 is 59.3 Å². The van der Waals surface area contributed by atoms with Gasteiger partial charge in [0.15, 0.2) is 24.4 Å². The molecule has 0 heterocycles. The van der Waals surface area contributed by atoms with E-state index in [4.69, 9.17) is 50.3 Å². The van der Waals surface area contributed by atoms with Crippen molar-refractivity contribution < 1.29 is 88.1 Å². The first-order valence-corrected chi connectivity index (χ1v) is 13.4. The summed E-state index contributed by atoms with van der Waals surface area (Å²) in [7, 11) is 11.6. The average Bonchev–Trinajstić information content (AvgIpc) is 2.84. The van der Waals surface area contributed by atoms with Gasteiger partial charge in [-0.2, -0.15) is 0 Å². The second-order valence-corrected chi connectivity index (χ2v) is 11.6. The molecule has 44 heavy (non-hydrogen) atoms. The summed E-state index contributed by atoms with van der Waals surface area (Å²) in [5.41, 5.74) is 0. The Hall–Kier alpha value is -3.42. The van der Waals surface area contributed by atoms with Crippen molar-refractivity contribution in [3.63, 3.8) is 0 Å². The van der Waals surface area contributed by atoms with E-state index in [-0.39, 0.29) is 37.6 Å². The Morgan fingerprint density at radius 1 is 0.545 bits per heavy atom. The molecule has 18 nitrogen and oxygen atoms in total. The van der Waals surface area contributed by atoms with Crippen molar-refractivity contribution >= 4 is 35.8 Å². The van der Waals surface area contributed by atoms with Crippen LogP contribution in [0.15, 0.2) is 0 Å². The van der Waals surface area contributed by atoms with Crippen molar-refractivity contribution in [2.24, 2.45) is 0 Å². The molecule has 0 aromatic rings. The summed E-state index contributed by atoms with van der Waals surface area (Å²) in [6, 6.07) is 0. The van der Waals surface area contributed by atoms with E-state index in [9.17, 15) is 28.8 Å². The summed E-state index contributed by atoms with van der Waals surface area (Å²) in [5, 5.41) is 68.8. The Labute approximate surface area is 255 Å². The summed E-state index contributed by atoms with van der Waals surface area (Å²) < 4.78 is 11.2. The van der Waals surface area contributed by atoms with Crippen LogP contribution in [0.1, 0.15) is 39.5 Å². The van der Waals surface area contributed by atoms with Gasteiger partial charge in [-0.15, -0.1) is 0 Å². The van der Waals surface area contributed by atoms with Crippen LogP contribution in [0.4, 0.5) is 0 Å². The van der Waals surface area contributed by atoms with Gasteiger partial charge in [-0.3, -0.25) is 19.2 Å². The molecule has 4 unspecified atom stereocenters. The molecule has 0 aliphatic rings. The summed E-state index contributed by atoms with van der Waals surface area (Å²) >= 11 is 0. The molecule has 0 saturated heterocycles. The number of aliphatic carboxylic acids is 4. The lowest BCUT2D eigenvalue weighted by Crippen LogP contribution is -2.49. The van der Waals surface area contributed by atoms with Crippen molar-refractivity contribution in [1.29, 1.82) is 0 Å². The van der Waals surface area contributed by atoms with Gasteiger partial charge in [0, 0.05) is 12.8 Å². The predicted octanol–water partition coefficient (Wildman–Crippen LogP) is -2.42. The molecule has 0 fully saturated rings. The lowest BCUT2D eigenvalue weighted by atomic mass is 10.0. The largest absolute Gasteiger partial charge is 0.481 e. The Morgan fingerprint density at radius 2 is 0.795 bits per heavy atom. The number of carbonyl (C=O) groups is 6. The predicted molar refractivity (Wildman–Crippen MR) is 150 cm³/mol. The Balaban J connectivity index is -0.000000574. The van der Waals surface area contributed by atoms with E-state index in [2.05, 4.69) is 0 Å². The van der Waals surface area contributed by atoms with Gasteiger partial charge in [-0.1, -0.05) is 13.8 Å². The monoisotopic (exact) mass is 646 g/mol. The van der Waals surface area contributed by atoms with Crippen molar-refractivity contribution in [1.82, 2.24) is 0 Å². The van der Waals surface area contributed by atoms with Crippen LogP contribution in [0.3, 0.4) is 0 Å². The summed E-state index contributed by atoms with van der Waals surface area (Å²) in [6.45, 7) is 4.37. The maximum Gasteiger partial charge on any atom is 0.335 e. The minimum atomic E-state index is -2.36. The van der Waals surface area contributed by atoms with Crippen LogP contribution < -0.4 is 0 Å². The molecular formula is C26H50N2O16+2. The minimum Gasteiger partial charge on any atom is -0.481 e. The average molecular weight is 647 g/mol. The molecule has 0 aromatic heterocycles. The van der Waals surface area contributed by atoms with E-state index in [1.165, 1.54) is 0 Å². The molecule has 0 rings (SSSR count). The lowest BCUT2D eigenvalue weighted by Gasteiger charge is -2.28. The second kappa shape index (κ2) is 21.3.